The quantitative estimate of drug-likeness (QED) is 0.661. The second-order valence-corrected chi connectivity index (χ2v) is 2.36. The highest BCUT2D eigenvalue weighted by molar-refractivity contribution is 14.1. The lowest BCUT2D eigenvalue weighted by Gasteiger charge is -1.81. The van der Waals surface area contributed by atoms with Crippen molar-refractivity contribution in [1.29, 1.82) is 0 Å². The average molecular weight is 217 g/mol. The monoisotopic (exact) mass is 217 g/mol. The van der Waals surface area contributed by atoms with E-state index in [2.05, 4.69) is 22.6 Å². The zero-order chi connectivity index (χ0) is 4.99. The third kappa shape index (κ3) is 2.93. The molecular weight excluding hydrogens is 212 g/mol. The van der Waals surface area contributed by atoms with Crippen LogP contribution in [0.2, 0.25) is 0 Å². The van der Waals surface area contributed by atoms with Crippen molar-refractivity contribution in [3.63, 3.8) is 0 Å². The molecule has 0 aliphatic rings. The first kappa shape index (κ1) is 6.72. The van der Waals surface area contributed by atoms with Crippen LogP contribution in [0.1, 0.15) is 0 Å². The molecule has 36 valence electrons. The van der Waals surface area contributed by atoms with Crippen LogP contribution in [0.3, 0.4) is 0 Å². The van der Waals surface area contributed by atoms with Crippen molar-refractivity contribution in [2.24, 2.45) is 5.73 Å². The van der Waals surface area contributed by atoms with Crippen molar-refractivity contribution in [1.82, 2.24) is 0 Å². The largest absolute Gasteiger partial charge is 0.326 e. The van der Waals surface area contributed by atoms with Crippen LogP contribution in [-0.4, -0.2) is 6.54 Å². The van der Waals surface area contributed by atoms with Gasteiger partial charge in [0.2, 0.25) is 0 Å². The summed E-state index contributed by atoms with van der Waals surface area (Å²) in [5.74, 6) is 0. The van der Waals surface area contributed by atoms with Crippen molar-refractivity contribution < 1.29 is 0 Å². The summed E-state index contributed by atoms with van der Waals surface area (Å²) in [4.78, 5) is 0. The maximum absolute atomic E-state index is 5.20. The highest BCUT2D eigenvalue weighted by atomic mass is 127. The second-order valence-electron chi connectivity index (χ2n) is 0.760. The van der Waals surface area contributed by atoms with Crippen LogP contribution in [-0.2, 0) is 0 Å². The predicted molar refractivity (Wildman–Crippen MR) is 37.0 cm³/mol. The average Bonchev–Trinajstić information content (AvgIpc) is 1.65. The van der Waals surface area contributed by atoms with E-state index in [1.54, 1.807) is 0 Å². The number of hydrogen-bond donors (Lipinski definition) is 1. The van der Waals surface area contributed by atoms with Crippen LogP contribution < -0.4 is 5.73 Å². The molecule has 0 radical (unpaired) electrons. The smallest absolute Gasteiger partial charge is 0.0245 e. The van der Waals surface area contributed by atoms with Gasteiger partial charge in [-0.1, -0.05) is 11.6 Å². The van der Waals surface area contributed by atoms with Crippen LogP contribution in [0, 0.1) is 0 Å². The van der Waals surface area contributed by atoms with Crippen LogP contribution >= 0.6 is 34.2 Å². The second kappa shape index (κ2) is 3.89. The minimum Gasteiger partial charge on any atom is -0.326 e. The zero-order valence-electron chi connectivity index (χ0n) is 3.12. The Hall–Kier alpha value is 0.720. The van der Waals surface area contributed by atoms with Gasteiger partial charge in [0.15, 0.2) is 0 Å². The van der Waals surface area contributed by atoms with Crippen LogP contribution in [0.4, 0.5) is 0 Å². The molecule has 2 N–H and O–H groups in total. The lowest BCUT2D eigenvalue weighted by Crippen LogP contribution is -1.95. The fourth-order valence-corrected chi connectivity index (χ4v) is 0.134. The fourth-order valence-electron chi connectivity index (χ4n) is 0.0445. The minimum absolute atomic E-state index is 0.546. The van der Waals surface area contributed by atoms with E-state index in [0.29, 0.717) is 6.54 Å². The van der Waals surface area contributed by atoms with Crippen LogP contribution in [0.25, 0.3) is 0 Å². The third-order valence-electron chi connectivity index (χ3n) is 0.313. The summed E-state index contributed by atoms with van der Waals surface area (Å²) >= 11 is 7.28. The van der Waals surface area contributed by atoms with E-state index in [-0.39, 0.29) is 0 Å². The molecule has 0 aromatic rings. The van der Waals surface area contributed by atoms with Crippen molar-refractivity contribution in [2.75, 3.05) is 6.54 Å². The Labute approximate surface area is 55.7 Å². The number of hydrogen-bond acceptors (Lipinski definition) is 1. The molecule has 0 fully saturated rings. The minimum atomic E-state index is 0.546. The molecule has 0 aromatic carbocycles. The molecule has 0 atom stereocenters. The molecule has 0 saturated heterocycles. The SMILES string of the molecule is NC/C(I)=C\Cl. The molecular formula is C3H5ClIN. The maximum Gasteiger partial charge on any atom is 0.0245 e. The highest BCUT2D eigenvalue weighted by Crippen LogP contribution is 2.02. The molecule has 0 aliphatic heterocycles. The molecule has 0 saturated carbocycles. The van der Waals surface area contributed by atoms with E-state index in [9.17, 15) is 0 Å². The first-order chi connectivity index (χ1) is 2.81. The molecule has 0 amide bonds. The summed E-state index contributed by atoms with van der Waals surface area (Å²) in [6.45, 7) is 0.546. The fraction of sp³-hybridized carbons (Fsp3) is 0.333. The van der Waals surface area contributed by atoms with Gasteiger partial charge >= 0.3 is 0 Å². The van der Waals surface area contributed by atoms with Gasteiger partial charge in [0.25, 0.3) is 0 Å². The van der Waals surface area contributed by atoms with Crippen LogP contribution in [0.5, 0.6) is 0 Å². The number of nitrogens with two attached hydrogens (primary N) is 1. The molecule has 0 unspecified atom stereocenters. The Morgan fingerprint density at radius 3 is 2.50 bits per heavy atom. The van der Waals surface area contributed by atoms with Crippen molar-refractivity contribution >= 4 is 34.2 Å². The Kier molecular flexibility index (Phi) is 4.36. The molecule has 6 heavy (non-hydrogen) atoms. The van der Waals surface area contributed by atoms with Gasteiger partial charge in [-0.2, -0.15) is 0 Å². The van der Waals surface area contributed by atoms with Crippen molar-refractivity contribution in [3.05, 3.63) is 9.12 Å². The van der Waals surface area contributed by atoms with E-state index in [0.717, 1.165) is 3.58 Å². The Balaban J connectivity index is 3.22. The van der Waals surface area contributed by atoms with Gasteiger partial charge in [-0.3, -0.25) is 0 Å². The summed E-state index contributed by atoms with van der Waals surface area (Å²) in [5.41, 5.74) is 6.60. The molecule has 0 rings (SSSR count). The Bertz CT molecular complexity index is 61.8. The summed E-state index contributed by atoms with van der Waals surface area (Å²) in [7, 11) is 0. The van der Waals surface area contributed by atoms with Gasteiger partial charge in [0.05, 0.1) is 0 Å². The summed E-state index contributed by atoms with van der Waals surface area (Å²) < 4.78 is 0.981. The summed E-state index contributed by atoms with van der Waals surface area (Å²) in [5, 5.41) is 0. The molecule has 0 spiro atoms. The van der Waals surface area contributed by atoms with E-state index >= 15 is 0 Å². The van der Waals surface area contributed by atoms with Crippen LogP contribution in [0.15, 0.2) is 9.12 Å². The summed E-state index contributed by atoms with van der Waals surface area (Å²) in [6, 6.07) is 0. The molecule has 0 aromatic heterocycles. The standard InChI is InChI=1S/C3H5ClIN/c4-1-3(5)2-6/h1H,2,6H2/b3-1+. The van der Waals surface area contributed by atoms with Crippen molar-refractivity contribution in [2.45, 2.75) is 0 Å². The zero-order valence-corrected chi connectivity index (χ0v) is 6.03. The van der Waals surface area contributed by atoms with E-state index < -0.39 is 0 Å². The third-order valence-corrected chi connectivity index (χ3v) is 1.70. The highest BCUT2D eigenvalue weighted by Gasteiger charge is 1.77. The molecule has 0 heterocycles. The predicted octanol–water partition coefficient (Wildman–Crippen LogP) is 1.46. The Morgan fingerprint density at radius 2 is 2.50 bits per heavy atom. The molecule has 1 nitrogen and oxygen atoms in total. The lowest BCUT2D eigenvalue weighted by atomic mass is 10.7. The van der Waals surface area contributed by atoms with E-state index in [4.69, 9.17) is 17.3 Å². The van der Waals surface area contributed by atoms with E-state index in [1.165, 1.54) is 5.54 Å². The van der Waals surface area contributed by atoms with E-state index in [1.807, 2.05) is 0 Å². The first-order valence-electron chi connectivity index (χ1n) is 1.46. The number of rotatable bonds is 1. The van der Waals surface area contributed by atoms with Crippen molar-refractivity contribution in [3.8, 4) is 0 Å². The van der Waals surface area contributed by atoms with Gasteiger partial charge in [-0.05, 0) is 22.6 Å². The number of halogens is 2. The van der Waals surface area contributed by atoms with Gasteiger partial charge in [0, 0.05) is 15.7 Å². The Morgan fingerprint density at radius 1 is 2.00 bits per heavy atom. The summed E-state index contributed by atoms with van der Waals surface area (Å²) in [6.07, 6.45) is 0. The normalized spacial score (nSPS) is 12.2. The van der Waals surface area contributed by atoms with Gasteiger partial charge in [0.1, 0.15) is 0 Å². The maximum atomic E-state index is 5.20. The topological polar surface area (TPSA) is 26.0 Å². The van der Waals surface area contributed by atoms with Gasteiger partial charge in [-0.15, -0.1) is 0 Å². The molecule has 0 bridgehead atoms. The molecule has 0 aliphatic carbocycles. The first-order valence-corrected chi connectivity index (χ1v) is 2.97. The van der Waals surface area contributed by atoms with Gasteiger partial charge < -0.3 is 5.73 Å². The lowest BCUT2D eigenvalue weighted by molar-refractivity contribution is 1.25. The van der Waals surface area contributed by atoms with Gasteiger partial charge in [-0.25, -0.2) is 0 Å². The molecule has 3 heteroatoms.